The van der Waals surface area contributed by atoms with Crippen LogP contribution < -0.4 is 5.73 Å². The highest BCUT2D eigenvalue weighted by Gasteiger charge is 2.41. The van der Waals surface area contributed by atoms with Gasteiger partial charge in [-0.3, -0.25) is 0 Å². The van der Waals surface area contributed by atoms with Gasteiger partial charge in [0.25, 0.3) is 0 Å². The first kappa shape index (κ1) is 11.0. The summed E-state index contributed by atoms with van der Waals surface area (Å²) in [5.74, 6) is -1.26. The van der Waals surface area contributed by atoms with E-state index in [0.29, 0.717) is 5.33 Å². The Kier molecular flexibility index (Phi) is 3.40. The van der Waals surface area contributed by atoms with Crippen molar-refractivity contribution in [2.24, 2.45) is 11.7 Å². The van der Waals surface area contributed by atoms with Crippen molar-refractivity contribution in [3.05, 3.63) is 11.6 Å². The Bertz CT molecular complexity index is 212. The molecule has 0 aromatic heterocycles. The molecule has 0 aliphatic heterocycles. The zero-order chi connectivity index (χ0) is 10.1. The normalized spacial score (nSPS) is 30.1. The van der Waals surface area contributed by atoms with Crippen LogP contribution in [-0.2, 0) is 0 Å². The summed E-state index contributed by atoms with van der Waals surface area (Å²) in [6.45, 7) is 0. The first-order valence-electron chi connectivity index (χ1n) is 4.02. The molecule has 2 unspecified atom stereocenters. The van der Waals surface area contributed by atoms with Crippen LogP contribution in [0, 0.1) is 5.92 Å². The largest absolute Gasteiger partial charge is 0.392 e. The molecule has 0 fully saturated rings. The Morgan fingerprint density at radius 3 is 2.54 bits per heavy atom. The maximum Gasteiger partial charge on any atom is 0.392 e. The summed E-state index contributed by atoms with van der Waals surface area (Å²) in [6.07, 6.45) is -2.42. The number of halogens is 4. The van der Waals surface area contributed by atoms with Crippen LogP contribution in [0.2, 0.25) is 0 Å². The molecule has 1 aliphatic carbocycles. The minimum absolute atomic E-state index is 0.0148. The summed E-state index contributed by atoms with van der Waals surface area (Å²) in [5.41, 5.74) is 6.45. The van der Waals surface area contributed by atoms with E-state index in [0.717, 1.165) is 5.57 Å². The third-order valence-corrected chi connectivity index (χ3v) is 2.94. The van der Waals surface area contributed by atoms with Gasteiger partial charge in [0.15, 0.2) is 0 Å². The molecule has 1 rings (SSSR count). The number of nitrogens with two attached hydrogens (primary N) is 1. The fourth-order valence-electron chi connectivity index (χ4n) is 1.42. The zero-order valence-electron chi connectivity index (χ0n) is 6.94. The smallest absolute Gasteiger partial charge is 0.324 e. The van der Waals surface area contributed by atoms with Gasteiger partial charge in [0.2, 0.25) is 0 Å². The lowest BCUT2D eigenvalue weighted by atomic mass is 9.86. The van der Waals surface area contributed by atoms with Crippen molar-refractivity contribution < 1.29 is 13.2 Å². The van der Waals surface area contributed by atoms with Crippen molar-refractivity contribution in [3.63, 3.8) is 0 Å². The second-order valence-electron chi connectivity index (χ2n) is 3.23. The van der Waals surface area contributed by atoms with Gasteiger partial charge in [-0.25, -0.2) is 0 Å². The Labute approximate surface area is 83.3 Å². The van der Waals surface area contributed by atoms with Gasteiger partial charge in [-0.1, -0.05) is 22.0 Å². The molecule has 76 valence electrons. The minimum atomic E-state index is -4.11. The van der Waals surface area contributed by atoms with Crippen LogP contribution in [0.4, 0.5) is 13.2 Å². The molecule has 0 spiro atoms. The Hall–Kier alpha value is -0.0300. The van der Waals surface area contributed by atoms with Crippen molar-refractivity contribution in [1.82, 2.24) is 0 Å². The lowest BCUT2D eigenvalue weighted by Gasteiger charge is -2.28. The Balaban J connectivity index is 2.66. The average Bonchev–Trinajstić information content (AvgIpc) is 2.02. The number of allylic oxidation sites excluding steroid dienone is 1. The molecule has 0 saturated heterocycles. The van der Waals surface area contributed by atoms with E-state index >= 15 is 0 Å². The minimum Gasteiger partial charge on any atom is -0.324 e. The Morgan fingerprint density at radius 2 is 2.15 bits per heavy atom. The van der Waals surface area contributed by atoms with Crippen LogP contribution in [0.15, 0.2) is 11.6 Å². The van der Waals surface area contributed by atoms with Crippen LogP contribution >= 0.6 is 15.9 Å². The monoisotopic (exact) mass is 257 g/mol. The van der Waals surface area contributed by atoms with Crippen LogP contribution in [-0.4, -0.2) is 17.5 Å². The summed E-state index contributed by atoms with van der Waals surface area (Å²) in [4.78, 5) is 0. The summed E-state index contributed by atoms with van der Waals surface area (Å²) in [7, 11) is 0. The molecular weight excluding hydrogens is 247 g/mol. The highest BCUT2D eigenvalue weighted by Crippen LogP contribution is 2.36. The number of hydrogen-bond donors (Lipinski definition) is 1. The standard InChI is InChI=1S/C8H11BrF3N/c9-4-5-1-2-6(3-7(5)13)8(10,11)12/h1,6-7H,2-4,13H2. The highest BCUT2D eigenvalue weighted by molar-refractivity contribution is 9.09. The maximum absolute atomic E-state index is 12.2. The van der Waals surface area contributed by atoms with Crippen LogP contribution in [0.5, 0.6) is 0 Å². The van der Waals surface area contributed by atoms with E-state index in [9.17, 15) is 13.2 Å². The third-order valence-electron chi connectivity index (χ3n) is 2.30. The summed E-state index contributed by atoms with van der Waals surface area (Å²) < 4.78 is 36.7. The van der Waals surface area contributed by atoms with Gasteiger partial charge >= 0.3 is 6.18 Å². The molecule has 0 bridgehead atoms. The van der Waals surface area contributed by atoms with Crippen molar-refractivity contribution in [1.29, 1.82) is 0 Å². The van der Waals surface area contributed by atoms with Gasteiger partial charge in [0.05, 0.1) is 5.92 Å². The second-order valence-corrected chi connectivity index (χ2v) is 3.79. The first-order valence-corrected chi connectivity index (χ1v) is 5.14. The predicted molar refractivity (Wildman–Crippen MR) is 48.6 cm³/mol. The van der Waals surface area contributed by atoms with Crippen molar-refractivity contribution in [2.45, 2.75) is 25.1 Å². The molecule has 1 aliphatic rings. The van der Waals surface area contributed by atoms with Gasteiger partial charge in [-0.2, -0.15) is 13.2 Å². The summed E-state index contributed by atoms with van der Waals surface area (Å²) >= 11 is 3.19. The predicted octanol–water partition coefficient (Wildman–Crippen LogP) is 2.61. The summed E-state index contributed by atoms with van der Waals surface area (Å²) in [5, 5.41) is 0.568. The van der Waals surface area contributed by atoms with Gasteiger partial charge in [-0.15, -0.1) is 0 Å². The molecule has 2 atom stereocenters. The zero-order valence-corrected chi connectivity index (χ0v) is 8.53. The van der Waals surface area contributed by atoms with E-state index in [1.54, 1.807) is 6.08 Å². The molecule has 0 saturated carbocycles. The van der Waals surface area contributed by atoms with Crippen molar-refractivity contribution >= 4 is 15.9 Å². The fraction of sp³-hybridized carbons (Fsp3) is 0.750. The molecule has 2 N–H and O–H groups in total. The summed E-state index contributed by atoms with van der Waals surface area (Å²) in [6, 6.07) is -0.445. The molecule has 13 heavy (non-hydrogen) atoms. The topological polar surface area (TPSA) is 26.0 Å². The van der Waals surface area contributed by atoms with E-state index in [4.69, 9.17) is 5.73 Å². The highest BCUT2D eigenvalue weighted by atomic mass is 79.9. The molecule has 0 amide bonds. The molecule has 0 radical (unpaired) electrons. The number of rotatable bonds is 1. The molecule has 5 heteroatoms. The van der Waals surface area contributed by atoms with Crippen LogP contribution in [0.3, 0.4) is 0 Å². The average molecular weight is 258 g/mol. The van der Waals surface area contributed by atoms with Gasteiger partial charge in [0.1, 0.15) is 0 Å². The molecule has 0 aromatic carbocycles. The van der Waals surface area contributed by atoms with Gasteiger partial charge in [0, 0.05) is 11.4 Å². The third kappa shape index (κ3) is 2.71. The lowest BCUT2D eigenvalue weighted by molar-refractivity contribution is -0.177. The van der Waals surface area contributed by atoms with E-state index in [-0.39, 0.29) is 12.8 Å². The van der Waals surface area contributed by atoms with Crippen LogP contribution in [0.25, 0.3) is 0 Å². The quantitative estimate of drug-likeness (QED) is 0.567. The fourth-order valence-corrected chi connectivity index (χ4v) is 2.06. The van der Waals surface area contributed by atoms with Gasteiger partial charge in [-0.05, 0) is 18.4 Å². The number of hydrogen-bond acceptors (Lipinski definition) is 1. The van der Waals surface area contributed by atoms with E-state index in [1.807, 2.05) is 0 Å². The molecular formula is C8H11BrF3N. The van der Waals surface area contributed by atoms with E-state index < -0.39 is 18.1 Å². The maximum atomic E-state index is 12.2. The molecule has 0 heterocycles. The molecule has 1 nitrogen and oxygen atoms in total. The van der Waals surface area contributed by atoms with E-state index in [1.165, 1.54) is 0 Å². The second kappa shape index (κ2) is 4.00. The molecule has 0 aromatic rings. The van der Waals surface area contributed by atoms with E-state index in [2.05, 4.69) is 15.9 Å². The van der Waals surface area contributed by atoms with Crippen LogP contribution in [0.1, 0.15) is 12.8 Å². The Morgan fingerprint density at radius 1 is 1.54 bits per heavy atom. The first-order chi connectivity index (χ1) is 5.95. The SMILES string of the molecule is NC1CC(C(F)(F)F)CC=C1CBr. The van der Waals surface area contributed by atoms with Crippen molar-refractivity contribution in [3.8, 4) is 0 Å². The lowest BCUT2D eigenvalue weighted by Crippen LogP contribution is -2.35. The van der Waals surface area contributed by atoms with Gasteiger partial charge < -0.3 is 5.73 Å². The van der Waals surface area contributed by atoms with Crippen molar-refractivity contribution in [2.75, 3.05) is 5.33 Å². The number of alkyl halides is 4.